The third kappa shape index (κ3) is 16.3. The molecule has 7 nitrogen and oxygen atoms in total. The summed E-state index contributed by atoms with van der Waals surface area (Å²) < 4.78 is 53.4. The summed E-state index contributed by atoms with van der Waals surface area (Å²) in [5.74, 6) is 1.28. The van der Waals surface area contributed by atoms with Crippen LogP contribution in [0.4, 0.5) is 0 Å². The van der Waals surface area contributed by atoms with Gasteiger partial charge in [0.25, 0.3) is 25.0 Å². The smallest absolute Gasteiger partial charge is 0.261 e. The number of benzene rings is 6. The van der Waals surface area contributed by atoms with Crippen LogP contribution in [0.5, 0.6) is 0 Å². The van der Waals surface area contributed by atoms with Gasteiger partial charge >= 0.3 is 0 Å². The predicted molar refractivity (Wildman–Crippen MR) is 421 cm³/mol. The molecule has 5 atom stereocenters. The van der Waals surface area contributed by atoms with E-state index in [0.717, 1.165) is 50.0 Å². The zero-order valence-electron chi connectivity index (χ0n) is 62.2. The highest BCUT2D eigenvalue weighted by Gasteiger charge is 2.60. The van der Waals surface area contributed by atoms with Gasteiger partial charge in [-0.25, -0.2) is 0 Å². The zero-order valence-corrected chi connectivity index (χ0v) is 67.8. The van der Waals surface area contributed by atoms with Crippen LogP contribution in [0.1, 0.15) is 176 Å². The Morgan fingerprint density at radius 3 is 1.25 bits per heavy atom. The Morgan fingerprint density at radius 2 is 0.854 bits per heavy atom. The molecule has 9 rings (SSSR count). The molecule has 3 aliphatic heterocycles. The highest BCUT2D eigenvalue weighted by atomic mass is 32.2. The molecule has 0 unspecified atom stereocenters. The third-order valence-electron chi connectivity index (χ3n) is 21.7. The molecule has 522 valence electrons. The van der Waals surface area contributed by atoms with Crippen LogP contribution in [0.2, 0.25) is 31.7 Å². The van der Waals surface area contributed by atoms with Gasteiger partial charge in [0.05, 0.1) is 47.8 Å². The van der Waals surface area contributed by atoms with E-state index >= 15 is 0 Å². The van der Waals surface area contributed by atoms with Crippen molar-refractivity contribution in [3.05, 3.63) is 194 Å². The predicted octanol–water partition coefficient (Wildman–Crippen LogP) is 18.4. The van der Waals surface area contributed by atoms with Crippen molar-refractivity contribution in [1.29, 1.82) is 0 Å². The largest absolute Gasteiger partial charge is 0.413 e. The average Bonchev–Trinajstić information content (AvgIpc) is 0.743. The maximum absolute atomic E-state index is 8.74. The van der Waals surface area contributed by atoms with Crippen LogP contribution in [0.3, 0.4) is 0 Å². The highest BCUT2D eigenvalue weighted by Crippen LogP contribution is 2.61. The van der Waals surface area contributed by atoms with E-state index in [1.807, 2.05) is 0 Å². The lowest BCUT2D eigenvalue weighted by atomic mass is 9.76. The molecule has 3 aliphatic rings. The Morgan fingerprint density at radius 1 is 0.479 bits per heavy atom. The van der Waals surface area contributed by atoms with Crippen molar-refractivity contribution in [2.75, 3.05) is 31.3 Å². The molecule has 0 amide bonds. The molecule has 13 heteroatoms. The third-order valence-corrected chi connectivity index (χ3v) is 46.9. The fourth-order valence-electron chi connectivity index (χ4n) is 17.4. The minimum atomic E-state index is -3.19. The molecule has 0 spiro atoms. The highest BCUT2D eigenvalue weighted by molar-refractivity contribution is 8.18. The average molecular weight is 1410 g/mol. The van der Waals surface area contributed by atoms with Gasteiger partial charge in [0.2, 0.25) is 0 Å². The molecule has 6 aromatic carbocycles. The number of hydrogen-bond acceptors (Lipinski definition) is 9. The maximum atomic E-state index is 8.74. The number of rotatable bonds is 27. The molecule has 0 aliphatic carbocycles. The van der Waals surface area contributed by atoms with Crippen LogP contribution < -0.4 is 31.1 Å². The van der Waals surface area contributed by atoms with Crippen LogP contribution in [0, 0.1) is 5.41 Å². The van der Waals surface area contributed by atoms with E-state index in [4.69, 9.17) is 31.9 Å². The normalized spacial score (nSPS) is 21.0. The molecule has 0 aromatic heterocycles. The maximum Gasteiger partial charge on any atom is 0.261 e. The van der Waals surface area contributed by atoms with Crippen LogP contribution >= 0.6 is 23.5 Å². The van der Waals surface area contributed by atoms with Gasteiger partial charge < -0.3 is 31.9 Å². The van der Waals surface area contributed by atoms with Crippen LogP contribution in [-0.2, 0) is 31.9 Å². The van der Waals surface area contributed by atoms with Gasteiger partial charge in [-0.15, -0.1) is 23.5 Å². The number of ether oxygens (including phenoxy) is 3. The van der Waals surface area contributed by atoms with Crippen molar-refractivity contribution in [3.8, 4) is 0 Å². The minimum Gasteiger partial charge on any atom is -0.413 e. The first-order valence-electron chi connectivity index (χ1n) is 36.3. The fraction of sp³-hybridized carbons (Fsp3) is 0.542. The van der Waals surface area contributed by atoms with E-state index in [0.29, 0.717) is 42.9 Å². The quantitative estimate of drug-likeness (QED) is 0.0371. The fourth-order valence-corrected chi connectivity index (χ4v) is 40.6. The molecule has 96 heavy (non-hydrogen) atoms. The second kappa shape index (κ2) is 31.7. The van der Waals surface area contributed by atoms with E-state index < -0.39 is 44.5 Å². The van der Waals surface area contributed by atoms with Crippen molar-refractivity contribution in [2.45, 2.75) is 249 Å². The van der Waals surface area contributed by atoms with Crippen molar-refractivity contribution in [3.63, 3.8) is 0 Å². The monoisotopic (exact) mass is 1400 g/mol. The summed E-state index contributed by atoms with van der Waals surface area (Å²) >= 11 is 4.33. The Kier molecular flexibility index (Phi) is 25.3. The Hall–Kier alpha value is -3.65. The zero-order chi connectivity index (χ0) is 69.4. The van der Waals surface area contributed by atoms with Crippen LogP contribution in [-0.4, -0.2) is 105 Å². The van der Waals surface area contributed by atoms with Gasteiger partial charge in [-0.3, -0.25) is 0 Å². The molecule has 3 heterocycles. The Balaban J connectivity index is 1.12. The molecular formula is C83H120O7S2Si4. The van der Waals surface area contributed by atoms with E-state index in [-0.39, 0.29) is 49.7 Å². The number of thioether (sulfide) groups is 2. The van der Waals surface area contributed by atoms with E-state index in [1.165, 1.54) is 36.7 Å². The first-order valence-corrected chi connectivity index (χ1v) is 46.1. The van der Waals surface area contributed by atoms with E-state index in [1.54, 1.807) is 0 Å². The molecule has 3 fully saturated rings. The van der Waals surface area contributed by atoms with Crippen molar-refractivity contribution >= 4 is 87.9 Å². The summed E-state index contributed by atoms with van der Waals surface area (Å²) in [6, 6.07) is 66.8. The van der Waals surface area contributed by atoms with Crippen molar-refractivity contribution in [2.24, 2.45) is 5.41 Å². The molecule has 0 radical (unpaired) electrons. The van der Waals surface area contributed by atoms with Crippen molar-refractivity contribution < 1.29 is 31.9 Å². The lowest BCUT2D eigenvalue weighted by molar-refractivity contribution is -0.304. The molecule has 6 aromatic rings. The Bertz CT molecular complexity index is 3220. The van der Waals surface area contributed by atoms with E-state index in [9.17, 15) is 0 Å². The van der Waals surface area contributed by atoms with Crippen molar-refractivity contribution in [1.82, 2.24) is 0 Å². The summed E-state index contributed by atoms with van der Waals surface area (Å²) in [7, 11) is -11.1. The Labute approximate surface area is 594 Å². The van der Waals surface area contributed by atoms with Crippen LogP contribution in [0.25, 0.3) is 0 Å². The second-order valence-electron chi connectivity index (χ2n) is 32.9. The van der Waals surface area contributed by atoms with Gasteiger partial charge in [-0.2, -0.15) is 0 Å². The lowest BCUT2D eigenvalue weighted by Crippen LogP contribution is -2.70. The SMILES string of the molecule is CC(C)[Si](OC[C@H]1C/C(=C\CO[Si](c2ccccc2)(c2ccccc2)C(C)(C)C)C[C@@H](CC2(C(C)(C)[C@H](C[C@@H]3C[C@@H](CCO[Si](c4ccccc4)(c4ccccc4)C(C)(C)C)OC(C)(C)O3)O[Si](c3ccccc3)(c3ccccc3)C(C)(C)C)SCCCS2)O1)(C(C)C)C(C)C. The van der Waals surface area contributed by atoms with Gasteiger partial charge in [-0.1, -0.05) is 311 Å². The molecule has 0 bridgehead atoms. The van der Waals surface area contributed by atoms with Gasteiger partial charge in [0.1, 0.15) is 0 Å². The van der Waals surface area contributed by atoms with Gasteiger partial charge in [-0.05, 0) is 127 Å². The molecular weight excluding hydrogens is 1290 g/mol. The van der Waals surface area contributed by atoms with Gasteiger partial charge in [0.15, 0.2) is 14.1 Å². The minimum absolute atomic E-state index is 0.0799. The summed E-state index contributed by atoms with van der Waals surface area (Å²) in [6.45, 7) is 46.9. The summed E-state index contributed by atoms with van der Waals surface area (Å²) in [5.41, 5.74) is 2.34. The molecule has 3 saturated heterocycles. The first-order chi connectivity index (χ1) is 45.4. The first kappa shape index (κ1) is 76.5. The van der Waals surface area contributed by atoms with Crippen LogP contribution in [0.15, 0.2) is 194 Å². The lowest BCUT2D eigenvalue weighted by Gasteiger charge is -2.57. The topological polar surface area (TPSA) is 64.6 Å². The van der Waals surface area contributed by atoms with Gasteiger partial charge in [0, 0.05) is 18.4 Å². The molecule has 0 saturated carbocycles. The summed E-state index contributed by atoms with van der Waals surface area (Å²) in [6.07, 6.45) is 7.55. The summed E-state index contributed by atoms with van der Waals surface area (Å²) in [4.78, 5) is 0. The summed E-state index contributed by atoms with van der Waals surface area (Å²) in [5, 5.41) is 7.18. The standard InChI is InChI=1S/C83H120O7S2Si4/c1-63(2)93(64(3)4,65(5)6)86-62-70-58-66(51-53-84-94(78(7,8)9,71-39-26-20-27-40-71)72-41-28-21-29-42-72)57-69(87-70)61-83(91-55-38-56-92-83)81(16,17)77(90-96(80(13,14)15,75-47-34-24-35-48-75)76-49-36-25-37-50-76)60-68-59-67(88-82(18,19)89-68)52-54-85-95(79(10,11)12,73-43-30-22-31-44-73)74-45-32-23-33-46-74/h20-37,39-51,63-65,67-70,77H,38,52-62H2,1-19H3/b66-51-/t67-,68+,69+,70-,77+/m1/s1. The second-order valence-corrected chi connectivity index (χ2v) is 54.3. The number of hydrogen-bond donors (Lipinski definition) is 0. The molecule has 0 N–H and O–H groups in total. The van der Waals surface area contributed by atoms with E-state index in [2.05, 4.69) is 343 Å².